The molecule has 1 aliphatic rings. The first kappa shape index (κ1) is 13.6. The number of ketones is 1. The van der Waals surface area contributed by atoms with Crippen molar-refractivity contribution in [2.24, 2.45) is 5.92 Å². The Morgan fingerprint density at radius 1 is 1.44 bits per heavy atom. The molecular weight excluding hydrogens is 290 g/mol. The Balaban J connectivity index is 2.26. The van der Waals surface area contributed by atoms with Crippen molar-refractivity contribution in [1.29, 1.82) is 0 Å². The largest absolute Gasteiger partial charge is 0.368 e. The SMILES string of the molecule is CC(=O)c1ccc(N(CC2CC2)C(C)C)c(Br)c1. The second-order valence-corrected chi connectivity index (χ2v) is 6.27. The van der Waals surface area contributed by atoms with Gasteiger partial charge in [-0.3, -0.25) is 4.79 Å². The van der Waals surface area contributed by atoms with E-state index in [1.807, 2.05) is 12.1 Å². The van der Waals surface area contributed by atoms with E-state index in [0.717, 1.165) is 22.5 Å². The molecule has 0 radical (unpaired) electrons. The van der Waals surface area contributed by atoms with Gasteiger partial charge in [-0.1, -0.05) is 0 Å². The first-order valence-corrected chi connectivity index (χ1v) is 7.35. The molecule has 1 saturated carbocycles. The normalized spacial score (nSPS) is 14.9. The van der Waals surface area contributed by atoms with E-state index in [1.54, 1.807) is 6.92 Å². The third kappa shape index (κ3) is 3.14. The van der Waals surface area contributed by atoms with E-state index >= 15 is 0 Å². The fourth-order valence-electron chi connectivity index (χ4n) is 2.12. The van der Waals surface area contributed by atoms with Gasteiger partial charge in [0.05, 0.1) is 5.69 Å². The maximum atomic E-state index is 11.4. The highest BCUT2D eigenvalue weighted by Gasteiger charge is 2.26. The predicted octanol–water partition coefficient (Wildman–Crippen LogP) is 4.28. The Morgan fingerprint density at radius 3 is 2.56 bits per heavy atom. The molecule has 1 aromatic rings. The van der Waals surface area contributed by atoms with Gasteiger partial charge < -0.3 is 4.90 Å². The minimum Gasteiger partial charge on any atom is -0.368 e. The number of hydrogen-bond donors (Lipinski definition) is 0. The number of halogens is 1. The summed E-state index contributed by atoms with van der Waals surface area (Å²) in [6.45, 7) is 7.16. The van der Waals surface area contributed by atoms with Crippen LogP contribution in [-0.2, 0) is 0 Å². The number of Topliss-reactive ketones (excluding diaryl/α,β-unsaturated/α-hetero) is 1. The van der Waals surface area contributed by atoms with Crippen LogP contribution < -0.4 is 4.90 Å². The minimum absolute atomic E-state index is 0.112. The van der Waals surface area contributed by atoms with Gasteiger partial charge in [0.25, 0.3) is 0 Å². The summed E-state index contributed by atoms with van der Waals surface area (Å²) in [5.74, 6) is 0.965. The number of rotatable bonds is 5. The molecule has 0 amide bonds. The average molecular weight is 310 g/mol. The second kappa shape index (κ2) is 5.43. The maximum Gasteiger partial charge on any atom is 0.159 e. The van der Waals surface area contributed by atoms with E-state index in [4.69, 9.17) is 0 Å². The summed E-state index contributed by atoms with van der Waals surface area (Å²) in [5, 5.41) is 0. The van der Waals surface area contributed by atoms with Gasteiger partial charge in [0, 0.05) is 22.6 Å². The van der Waals surface area contributed by atoms with Gasteiger partial charge in [0.1, 0.15) is 0 Å². The van der Waals surface area contributed by atoms with Crippen molar-refractivity contribution in [2.75, 3.05) is 11.4 Å². The summed E-state index contributed by atoms with van der Waals surface area (Å²) in [4.78, 5) is 13.8. The van der Waals surface area contributed by atoms with Gasteiger partial charge >= 0.3 is 0 Å². The Kier molecular flexibility index (Phi) is 4.10. The van der Waals surface area contributed by atoms with Crippen LogP contribution in [0.5, 0.6) is 0 Å². The van der Waals surface area contributed by atoms with Crippen LogP contribution in [0.2, 0.25) is 0 Å². The molecule has 98 valence electrons. The molecule has 0 aromatic heterocycles. The van der Waals surface area contributed by atoms with Crippen LogP contribution in [0.15, 0.2) is 22.7 Å². The summed E-state index contributed by atoms with van der Waals surface area (Å²) < 4.78 is 1.02. The van der Waals surface area contributed by atoms with E-state index in [9.17, 15) is 4.79 Å². The topological polar surface area (TPSA) is 20.3 Å². The Hall–Kier alpha value is -0.830. The summed E-state index contributed by atoms with van der Waals surface area (Å²) in [6, 6.07) is 6.39. The molecule has 0 N–H and O–H groups in total. The molecule has 0 unspecified atom stereocenters. The van der Waals surface area contributed by atoms with Crippen LogP contribution in [0.3, 0.4) is 0 Å². The van der Waals surface area contributed by atoms with E-state index < -0.39 is 0 Å². The van der Waals surface area contributed by atoms with E-state index in [2.05, 4.69) is 40.7 Å². The highest BCUT2D eigenvalue weighted by Crippen LogP contribution is 2.35. The quantitative estimate of drug-likeness (QED) is 0.757. The standard InChI is InChI=1S/C15H20BrNO/c1-10(2)17(9-12-4-5-12)15-7-6-13(11(3)18)8-14(15)16/h6-8,10,12H,4-5,9H2,1-3H3. The van der Waals surface area contributed by atoms with Crippen molar-refractivity contribution < 1.29 is 4.79 Å². The van der Waals surface area contributed by atoms with Crippen molar-refractivity contribution >= 4 is 27.4 Å². The second-order valence-electron chi connectivity index (χ2n) is 5.41. The Bertz CT molecular complexity index is 452. The molecule has 0 heterocycles. The smallest absolute Gasteiger partial charge is 0.159 e. The zero-order chi connectivity index (χ0) is 13.3. The van der Waals surface area contributed by atoms with Gasteiger partial charge in [-0.25, -0.2) is 0 Å². The summed E-state index contributed by atoms with van der Waals surface area (Å²) in [7, 11) is 0. The van der Waals surface area contributed by atoms with E-state index in [-0.39, 0.29) is 5.78 Å². The third-order valence-corrected chi connectivity index (χ3v) is 4.07. The van der Waals surface area contributed by atoms with Crippen molar-refractivity contribution in [3.8, 4) is 0 Å². The molecular formula is C15H20BrNO. The van der Waals surface area contributed by atoms with Crippen LogP contribution in [0.4, 0.5) is 5.69 Å². The molecule has 1 aromatic carbocycles. The lowest BCUT2D eigenvalue weighted by molar-refractivity contribution is 0.101. The van der Waals surface area contributed by atoms with Crippen LogP contribution >= 0.6 is 15.9 Å². The molecule has 0 bridgehead atoms. The van der Waals surface area contributed by atoms with E-state index in [0.29, 0.717) is 6.04 Å². The molecule has 2 rings (SSSR count). The number of nitrogens with zero attached hydrogens (tertiary/aromatic N) is 1. The fourth-order valence-corrected chi connectivity index (χ4v) is 2.73. The predicted molar refractivity (Wildman–Crippen MR) is 79.4 cm³/mol. The highest BCUT2D eigenvalue weighted by atomic mass is 79.9. The van der Waals surface area contributed by atoms with Crippen LogP contribution in [0.1, 0.15) is 44.0 Å². The highest BCUT2D eigenvalue weighted by molar-refractivity contribution is 9.10. The third-order valence-electron chi connectivity index (χ3n) is 3.44. The molecule has 2 nitrogen and oxygen atoms in total. The van der Waals surface area contributed by atoms with Crippen molar-refractivity contribution in [3.63, 3.8) is 0 Å². The van der Waals surface area contributed by atoms with Gasteiger partial charge in [0.2, 0.25) is 0 Å². The minimum atomic E-state index is 0.112. The summed E-state index contributed by atoms with van der Waals surface area (Å²) in [6.07, 6.45) is 2.71. The number of benzene rings is 1. The maximum absolute atomic E-state index is 11.4. The fraction of sp³-hybridized carbons (Fsp3) is 0.533. The van der Waals surface area contributed by atoms with Gasteiger partial charge in [-0.2, -0.15) is 0 Å². The lowest BCUT2D eigenvalue weighted by atomic mass is 10.1. The first-order valence-electron chi connectivity index (χ1n) is 6.56. The average Bonchev–Trinajstić information content (AvgIpc) is 3.09. The van der Waals surface area contributed by atoms with Crippen molar-refractivity contribution in [1.82, 2.24) is 0 Å². The van der Waals surface area contributed by atoms with Crippen LogP contribution in [0.25, 0.3) is 0 Å². The van der Waals surface area contributed by atoms with Gasteiger partial charge in [-0.05, 0) is 73.7 Å². The number of anilines is 1. The number of carbonyl (C=O) groups is 1. The Labute approximate surface area is 117 Å². The number of hydrogen-bond acceptors (Lipinski definition) is 2. The zero-order valence-electron chi connectivity index (χ0n) is 11.2. The Morgan fingerprint density at radius 2 is 2.11 bits per heavy atom. The zero-order valence-corrected chi connectivity index (χ0v) is 12.8. The van der Waals surface area contributed by atoms with Crippen molar-refractivity contribution in [2.45, 2.75) is 39.7 Å². The summed E-state index contributed by atoms with van der Waals surface area (Å²) >= 11 is 3.60. The van der Waals surface area contributed by atoms with Crippen molar-refractivity contribution in [3.05, 3.63) is 28.2 Å². The molecule has 1 fully saturated rings. The number of carbonyl (C=O) groups excluding carboxylic acids is 1. The molecule has 0 atom stereocenters. The molecule has 3 heteroatoms. The molecule has 0 aliphatic heterocycles. The lowest BCUT2D eigenvalue weighted by Gasteiger charge is -2.30. The van der Waals surface area contributed by atoms with Gasteiger partial charge in [-0.15, -0.1) is 0 Å². The molecule has 18 heavy (non-hydrogen) atoms. The first-order chi connectivity index (χ1) is 8.49. The lowest BCUT2D eigenvalue weighted by Crippen LogP contribution is -2.33. The van der Waals surface area contributed by atoms with Crippen LogP contribution in [0, 0.1) is 5.92 Å². The van der Waals surface area contributed by atoms with E-state index in [1.165, 1.54) is 18.5 Å². The van der Waals surface area contributed by atoms with Crippen LogP contribution in [-0.4, -0.2) is 18.4 Å². The molecule has 1 aliphatic carbocycles. The molecule has 0 saturated heterocycles. The molecule has 0 spiro atoms. The monoisotopic (exact) mass is 309 g/mol. The van der Waals surface area contributed by atoms with Gasteiger partial charge in [0.15, 0.2) is 5.78 Å². The summed E-state index contributed by atoms with van der Waals surface area (Å²) in [5.41, 5.74) is 1.96.